The summed E-state index contributed by atoms with van der Waals surface area (Å²) >= 11 is 0. The van der Waals surface area contributed by atoms with E-state index < -0.39 is 15.1 Å². The zero-order valence-corrected chi connectivity index (χ0v) is 16.7. The van der Waals surface area contributed by atoms with Crippen molar-refractivity contribution in [2.24, 2.45) is 0 Å². The van der Waals surface area contributed by atoms with Crippen LogP contribution in [0.1, 0.15) is 31.5 Å². The van der Waals surface area contributed by atoms with Crippen molar-refractivity contribution in [1.82, 2.24) is 14.5 Å². The van der Waals surface area contributed by atoms with Gasteiger partial charge >= 0.3 is 0 Å². The molecule has 1 aromatic carbocycles. The van der Waals surface area contributed by atoms with Gasteiger partial charge in [-0.25, -0.2) is 17.8 Å². The highest BCUT2D eigenvalue weighted by Gasteiger charge is 2.28. The van der Waals surface area contributed by atoms with Crippen molar-refractivity contribution in [3.8, 4) is 0 Å². The van der Waals surface area contributed by atoms with E-state index in [0.717, 1.165) is 18.7 Å². The molecule has 0 amide bonds. The van der Waals surface area contributed by atoms with Gasteiger partial charge in [-0.3, -0.25) is 4.90 Å². The van der Waals surface area contributed by atoms with Gasteiger partial charge in [0.25, 0.3) is 0 Å². The fourth-order valence-electron chi connectivity index (χ4n) is 3.18. The van der Waals surface area contributed by atoms with Gasteiger partial charge in [-0.2, -0.15) is 0 Å². The number of nitrogens with zero attached hydrogens (tertiary/aromatic N) is 3. The number of benzene rings is 1. The normalized spacial score (nSPS) is 17.9. The van der Waals surface area contributed by atoms with E-state index in [1.54, 1.807) is 42.8 Å². The lowest BCUT2D eigenvalue weighted by molar-refractivity contribution is 0.155. The summed E-state index contributed by atoms with van der Waals surface area (Å²) in [6.07, 6.45) is 2.53. The van der Waals surface area contributed by atoms with Gasteiger partial charge < -0.3 is 9.30 Å². The first-order valence-corrected chi connectivity index (χ1v) is 10.6. The minimum atomic E-state index is -3.59. The summed E-state index contributed by atoms with van der Waals surface area (Å²) in [4.78, 5) is 6.34. The van der Waals surface area contributed by atoms with E-state index in [1.165, 1.54) is 6.07 Å². The minimum Gasteiger partial charge on any atom is -0.380 e. The number of hydrogen-bond acceptors (Lipinski definition) is 5. The van der Waals surface area contributed by atoms with E-state index >= 15 is 0 Å². The van der Waals surface area contributed by atoms with Gasteiger partial charge in [0.2, 0.25) is 15.0 Å². The molecule has 0 spiro atoms. The van der Waals surface area contributed by atoms with Crippen molar-refractivity contribution < 1.29 is 17.5 Å². The Morgan fingerprint density at radius 2 is 2.11 bits per heavy atom. The Hall–Kier alpha value is -1.77. The fourth-order valence-corrected chi connectivity index (χ4v) is 4.29. The maximum atomic E-state index is 14.2. The van der Waals surface area contributed by atoms with Crippen LogP contribution in [0.15, 0.2) is 35.6 Å². The maximum Gasteiger partial charge on any atom is 0.228 e. The number of likely N-dealkylation sites (N-methyl/N-ethyl adjacent to an activating group) is 1. The van der Waals surface area contributed by atoms with Crippen LogP contribution in [0, 0.1) is 5.82 Å². The second-order valence-electron chi connectivity index (χ2n) is 7.24. The molecule has 0 saturated carbocycles. The van der Waals surface area contributed by atoms with Gasteiger partial charge in [0.1, 0.15) is 5.82 Å². The van der Waals surface area contributed by atoms with Crippen LogP contribution in [0.5, 0.6) is 0 Å². The molecule has 148 valence electrons. The summed E-state index contributed by atoms with van der Waals surface area (Å²) in [7, 11) is -1.61. The highest BCUT2D eigenvalue weighted by Crippen LogP contribution is 2.22. The molecular formula is C19H26FN3O3S. The first-order chi connectivity index (χ1) is 12.8. The minimum absolute atomic E-state index is 0.00757. The smallest absolute Gasteiger partial charge is 0.228 e. The number of halogens is 1. The SMILES string of the molecule is CC(C)S(=O)(=O)c1ncc(CN(C)[C@@H]2CCOC2)n1Cc1ccccc1F. The molecule has 0 bridgehead atoms. The predicted octanol–water partition coefficient (Wildman–Crippen LogP) is 2.47. The van der Waals surface area contributed by atoms with Crippen molar-refractivity contribution in [2.45, 2.75) is 49.8 Å². The lowest BCUT2D eigenvalue weighted by Crippen LogP contribution is -2.32. The van der Waals surface area contributed by atoms with Crippen molar-refractivity contribution in [1.29, 1.82) is 0 Å². The summed E-state index contributed by atoms with van der Waals surface area (Å²) in [5.74, 6) is -0.359. The van der Waals surface area contributed by atoms with Crippen LogP contribution >= 0.6 is 0 Å². The molecule has 27 heavy (non-hydrogen) atoms. The molecule has 0 aliphatic carbocycles. The van der Waals surface area contributed by atoms with Gasteiger partial charge in [-0.1, -0.05) is 18.2 Å². The van der Waals surface area contributed by atoms with E-state index in [9.17, 15) is 12.8 Å². The van der Waals surface area contributed by atoms with Crippen LogP contribution in [-0.4, -0.2) is 54.4 Å². The Morgan fingerprint density at radius 3 is 2.74 bits per heavy atom. The molecule has 1 saturated heterocycles. The zero-order chi connectivity index (χ0) is 19.6. The average Bonchev–Trinajstić information content (AvgIpc) is 3.27. The molecule has 3 rings (SSSR count). The van der Waals surface area contributed by atoms with Gasteiger partial charge in [0.15, 0.2) is 0 Å². The number of hydrogen-bond donors (Lipinski definition) is 0. The molecular weight excluding hydrogens is 369 g/mol. The van der Waals surface area contributed by atoms with Crippen molar-refractivity contribution >= 4 is 9.84 Å². The van der Waals surface area contributed by atoms with Crippen molar-refractivity contribution in [3.05, 3.63) is 47.5 Å². The van der Waals surface area contributed by atoms with Gasteiger partial charge in [0, 0.05) is 24.8 Å². The number of sulfone groups is 1. The molecule has 1 aromatic heterocycles. The van der Waals surface area contributed by atoms with E-state index in [-0.39, 0.29) is 23.6 Å². The number of rotatable bonds is 7. The first kappa shape index (κ1) is 20.0. The van der Waals surface area contributed by atoms with Crippen molar-refractivity contribution in [3.63, 3.8) is 0 Å². The van der Waals surface area contributed by atoms with Crippen LogP contribution in [-0.2, 0) is 27.7 Å². The Morgan fingerprint density at radius 1 is 1.37 bits per heavy atom. The second-order valence-corrected chi connectivity index (χ2v) is 9.63. The number of imidazole rings is 1. The van der Waals surface area contributed by atoms with E-state index in [0.29, 0.717) is 18.7 Å². The molecule has 0 N–H and O–H groups in total. The average molecular weight is 396 g/mol. The molecule has 0 radical (unpaired) electrons. The Kier molecular flexibility index (Phi) is 5.98. The highest BCUT2D eigenvalue weighted by atomic mass is 32.2. The van der Waals surface area contributed by atoms with Crippen molar-refractivity contribution in [2.75, 3.05) is 20.3 Å². The summed E-state index contributed by atoms with van der Waals surface area (Å²) < 4.78 is 46.8. The number of aromatic nitrogens is 2. The molecule has 1 fully saturated rings. The summed E-state index contributed by atoms with van der Waals surface area (Å²) in [6.45, 7) is 5.28. The monoisotopic (exact) mass is 395 g/mol. The van der Waals surface area contributed by atoms with Crippen LogP contribution in [0.4, 0.5) is 4.39 Å². The fraction of sp³-hybridized carbons (Fsp3) is 0.526. The second kappa shape index (κ2) is 8.08. The highest BCUT2D eigenvalue weighted by molar-refractivity contribution is 7.91. The third-order valence-corrected chi connectivity index (χ3v) is 7.08. The van der Waals surface area contributed by atoms with Gasteiger partial charge in [-0.05, 0) is 33.4 Å². The van der Waals surface area contributed by atoms with Crippen LogP contribution < -0.4 is 0 Å². The molecule has 8 heteroatoms. The third-order valence-electron chi connectivity index (χ3n) is 5.00. The standard InChI is InChI=1S/C19H26FN3O3S/c1-14(2)27(24,25)19-21-10-17(12-22(3)16-8-9-26-13-16)23(19)11-15-6-4-5-7-18(15)20/h4-7,10,14,16H,8-9,11-13H2,1-3H3/t16-/m1/s1. The van der Waals surface area contributed by atoms with Crippen LogP contribution in [0.25, 0.3) is 0 Å². The maximum absolute atomic E-state index is 14.2. The van der Waals surface area contributed by atoms with Gasteiger partial charge in [-0.15, -0.1) is 0 Å². The van der Waals surface area contributed by atoms with E-state index in [1.807, 2.05) is 7.05 Å². The lowest BCUT2D eigenvalue weighted by atomic mass is 10.2. The van der Waals surface area contributed by atoms with Gasteiger partial charge in [0.05, 0.1) is 30.3 Å². The molecule has 1 aliphatic rings. The Labute approximate surface area is 159 Å². The first-order valence-electron chi connectivity index (χ1n) is 9.10. The molecule has 6 nitrogen and oxygen atoms in total. The molecule has 2 aromatic rings. The molecule has 1 aliphatic heterocycles. The van der Waals surface area contributed by atoms with Crippen LogP contribution in [0.3, 0.4) is 0 Å². The topological polar surface area (TPSA) is 64.4 Å². The molecule has 0 unspecified atom stereocenters. The molecule has 1 atom stereocenters. The van der Waals surface area contributed by atoms with E-state index in [4.69, 9.17) is 4.74 Å². The largest absolute Gasteiger partial charge is 0.380 e. The predicted molar refractivity (Wildman–Crippen MR) is 101 cm³/mol. The quantitative estimate of drug-likeness (QED) is 0.721. The van der Waals surface area contributed by atoms with E-state index in [2.05, 4.69) is 9.88 Å². The molecule has 2 heterocycles. The summed E-state index contributed by atoms with van der Waals surface area (Å²) in [6, 6.07) is 6.69. The van der Waals surface area contributed by atoms with Crippen LogP contribution in [0.2, 0.25) is 0 Å². The Balaban J connectivity index is 1.98. The third kappa shape index (κ3) is 4.23. The zero-order valence-electron chi connectivity index (χ0n) is 15.9. The number of ether oxygens (including phenoxy) is 1. The summed E-state index contributed by atoms with van der Waals surface area (Å²) in [5.41, 5.74) is 1.18. The summed E-state index contributed by atoms with van der Waals surface area (Å²) in [5, 5.41) is -0.611. The Bertz CT molecular complexity index is 889. The lowest BCUT2D eigenvalue weighted by Gasteiger charge is -2.23.